The summed E-state index contributed by atoms with van der Waals surface area (Å²) in [5, 5.41) is 2.78. The minimum Gasteiger partial charge on any atom is -0.444 e. The van der Waals surface area contributed by atoms with Crippen molar-refractivity contribution in [3.63, 3.8) is 0 Å². The van der Waals surface area contributed by atoms with E-state index in [1.807, 2.05) is 60.7 Å². The Hall–Kier alpha value is -2.26. The van der Waals surface area contributed by atoms with Crippen molar-refractivity contribution in [1.29, 1.82) is 0 Å². The van der Waals surface area contributed by atoms with Crippen molar-refractivity contribution in [2.24, 2.45) is 0 Å². The van der Waals surface area contributed by atoms with E-state index in [1.165, 1.54) is 0 Å². The van der Waals surface area contributed by atoms with Gasteiger partial charge in [0.05, 0.1) is 33.0 Å². The molecule has 0 aromatic heterocycles. The lowest BCUT2D eigenvalue weighted by molar-refractivity contribution is -0.273. The maximum absolute atomic E-state index is 13.7. The summed E-state index contributed by atoms with van der Waals surface area (Å²) in [6.07, 6.45) is -0.678. The van der Waals surface area contributed by atoms with Gasteiger partial charge in [-0.05, 0) is 45.7 Å². The average Bonchev–Trinajstić information content (AvgIpc) is 2.82. The SMILES string of the molecule is CC(C)(C)OC(=O)NC1(COP(=O)(OCc2ccccc2)OCc2ccccc2)COC(C)(C)OC1. The monoisotopic (exact) mass is 521 g/mol. The fourth-order valence-corrected chi connectivity index (χ4v) is 4.43. The first-order valence-corrected chi connectivity index (χ1v) is 13.2. The molecular weight excluding hydrogens is 485 g/mol. The van der Waals surface area contributed by atoms with Crippen LogP contribution in [0, 0.1) is 0 Å². The zero-order valence-corrected chi connectivity index (χ0v) is 22.4. The van der Waals surface area contributed by atoms with Gasteiger partial charge in [-0.15, -0.1) is 0 Å². The molecule has 0 aliphatic carbocycles. The third-order valence-corrected chi connectivity index (χ3v) is 6.46. The number of benzene rings is 2. The molecule has 1 amide bonds. The zero-order valence-electron chi connectivity index (χ0n) is 21.5. The normalized spacial score (nSPS) is 17.4. The third-order valence-electron chi connectivity index (χ3n) is 5.12. The molecule has 36 heavy (non-hydrogen) atoms. The largest absolute Gasteiger partial charge is 0.475 e. The first-order chi connectivity index (χ1) is 16.9. The topological polar surface area (TPSA) is 102 Å². The van der Waals surface area contributed by atoms with Crippen molar-refractivity contribution in [3.05, 3.63) is 71.8 Å². The fraction of sp³-hybridized carbons (Fsp3) is 0.500. The summed E-state index contributed by atoms with van der Waals surface area (Å²) >= 11 is 0. The molecule has 0 bridgehead atoms. The Morgan fingerprint density at radius 1 is 0.889 bits per heavy atom. The van der Waals surface area contributed by atoms with Gasteiger partial charge in [-0.3, -0.25) is 13.6 Å². The van der Waals surface area contributed by atoms with E-state index in [-0.39, 0.29) is 33.0 Å². The average molecular weight is 522 g/mol. The molecule has 0 atom stereocenters. The second-order valence-electron chi connectivity index (χ2n) is 10.1. The Labute approximate surface area is 213 Å². The Kier molecular flexibility index (Phi) is 9.33. The van der Waals surface area contributed by atoms with Crippen LogP contribution in [-0.4, -0.2) is 42.8 Å². The van der Waals surface area contributed by atoms with Gasteiger partial charge in [-0.1, -0.05) is 60.7 Å². The van der Waals surface area contributed by atoms with Crippen LogP contribution in [0.5, 0.6) is 0 Å². The van der Waals surface area contributed by atoms with E-state index in [4.69, 9.17) is 27.8 Å². The van der Waals surface area contributed by atoms with Crippen LogP contribution >= 0.6 is 7.82 Å². The number of phosphoric acid groups is 1. The van der Waals surface area contributed by atoms with Crippen LogP contribution in [0.15, 0.2) is 60.7 Å². The molecule has 1 N–H and O–H groups in total. The summed E-state index contributed by atoms with van der Waals surface area (Å²) in [6, 6.07) is 18.6. The predicted molar refractivity (Wildman–Crippen MR) is 134 cm³/mol. The highest BCUT2D eigenvalue weighted by Gasteiger charge is 2.45. The lowest BCUT2D eigenvalue weighted by Crippen LogP contribution is -2.63. The van der Waals surface area contributed by atoms with Crippen LogP contribution in [0.25, 0.3) is 0 Å². The fourth-order valence-electron chi connectivity index (χ4n) is 3.19. The van der Waals surface area contributed by atoms with Gasteiger partial charge in [-0.2, -0.15) is 0 Å². The van der Waals surface area contributed by atoms with Crippen molar-refractivity contribution in [2.45, 2.75) is 64.8 Å². The van der Waals surface area contributed by atoms with Gasteiger partial charge in [0.25, 0.3) is 0 Å². The van der Waals surface area contributed by atoms with Gasteiger partial charge < -0.3 is 19.5 Å². The lowest BCUT2D eigenvalue weighted by Gasteiger charge is -2.43. The summed E-state index contributed by atoms with van der Waals surface area (Å²) < 4.78 is 47.9. The van der Waals surface area contributed by atoms with Gasteiger partial charge in [0.1, 0.15) is 11.1 Å². The predicted octanol–water partition coefficient (Wildman–Crippen LogP) is 5.59. The molecule has 1 saturated heterocycles. The number of carbonyl (C=O) groups excluding carboxylic acids is 1. The molecule has 3 rings (SSSR count). The maximum Gasteiger partial charge on any atom is 0.475 e. The molecule has 2 aromatic carbocycles. The van der Waals surface area contributed by atoms with Gasteiger partial charge in [0, 0.05) is 0 Å². The molecule has 10 heteroatoms. The first-order valence-electron chi connectivity index (χ1n) is 11.8. The van der Waals surface area contributed by atoms with E-state index in [1.54, 1.807) is 34.6 Å². The summed E-state index contributed by atoms with van der Waals surface area (Å²) in [5.41, 5.74) is -0.288. The maximum atomic E-state index is 13.7. The van der Waals surface area contributed by atoms with Crippen LogP contribution in [-0.2, 0) is 45.6 Å². The van der Waals surface area contributed by atoms with Crippen LogP contribution in [0.3, 0.4) is 0 Å². The zero-order chi connectivity index (χ0) is 26.3. The second kappa shape index (κ2) is 11.9. The highest BCUT2D eigenvalue weighted by molar-refractivity contribution is 7.48. The van der Waals surface area contributed by atoms with Crippen LogP contribution in [0.4, 0.5) is 4.79 Å². The molecule has 198 valence electrons. The number of rotatable bonds is 10. The van der Waals surface area contributed by atoms with Crippen LogP contribution in [0.1, 0.15) is 45.7 Å². The molecular formula is C26H36NO8P. The van der Waals surface area contributed by atoms with E-state index >= 15 is 0 Å². The molecule has 0 saturated carbocycles. The van der Waals surface area contributed by atoms with Crippen molar-refractivity contribution < 1.29 is 37.1 Å². The van der Waals surface area contributed by atoms with Crippen LogP contribution in [0.2, 0.25) is 0 Å². The number of hydrogen-bond acceptors (Lipinski definition) is 8. The summed E-state index contributed by atoms with van der Waals surface area (Å²) in [6.45, 7) is 8.65. The standard InChI is InChI=1S/C26H36NO8P/c1-24(2,3)35-23(28)27-26(18-30-25(4,5)31-19-26)20-34-36(29,32-16-21-12-8-6-9-13-21)33-17-22-14-10-7-11-15-22/h6-15H,16-20H2,1-5H3,(H,27,28). The Bertz CT molecular complexity index is 966. The van der Waals surface area contributed by atoms with E-state index in [0.717, 1.165) is 11.1 Å². The minimum atomic E-state index is -4.08. The number of alkyl carbamates (subject to hydrolysis) is 1. The molecule has 1 heterocycles. The van der Waals surface area contributed by atoms with Gasteiger partial charge in [0.15, 0.2) is 5.79 Å². The number of hydrogen-bond donors (Lipinski definition) is 1. The smallest absolute Gasteiger partial charge is 0.444 e. The summed E-state index contributed by atoms with van der Waals surface area (Å²) in [4.78, 5) is 12.6. The van der Waals surface area contributed by atoms with E-state index < -0.39 is 30.8 Å². The summed E-state index contributed by atoms with van der Waals surface area (Å²) in [7, 11) is -4.08. The van der Waals surface area contributed by atoms with E-state index in [9.17, 15) is 9.36 Å². The molecule has 2 aromatic rings. The highest BCUT2D eigenvalue weighted by atomic mass is 31.2. The molecule has 0 spiro atoms. The Morgan fingerprint density at radius 3 is 1.81 bits per heavy atom. The Balaban J connectivity index is 1.75. The number of ether oxygens (including phenoxy) is 3. The molecule has 1 fully saturated rings. The van der Waals surface area contributed by atoms with E-state index in [0.29, 0.717) is 0 Å². The number of carbonyl (C=O) groups is 1. The number of nitrogens with one attached hydrogen (secondary N) is 1. The first kappa shape index (κ1) is 28.3. The van der Waals surface area contributed by atoms with Gasteiger partial charge in [0.2, 0.25) is 0 Å². The minimum absolute atomic E-state index is 0.0133. The number of amides is 1. The molecule has 1 aliphatic heterocycles. The molecule has 0 unspecified atom stereocenters. The quantitative estimate of drug-likeness (QED) is 0.404. The van der Waals surface area contributed by atoms with Crippen molar-refractivity contribution in [1.82, 2.24) is 5.32 Å². The highest BCUT2D eigenvalue weighted by Crippen LogP contribution is 2.51. The van der Waals surface area contributed by atoms with Crippen molar-refractivity contribution in [3.8, 4) is 0 Å². The molecule has 1 aliphatic rings. The molecule has 9 nitrogen and oxygen atoms in total. The van der Waals surface area contributed by atoms with Gasteiger partial charge >= 0.3 is 13.9 Å². The lowest BCUT2D eigenvalue weighted by atomic mass is 10.0. The number of phosphoric ester groups is 1. The second-order valence-corrected chi connectivity index (χ2v) is 11.8. The molecule has 0 radical (unpaired) electrons. The summed E-state index contributed by atoms with van der Waals surface area (Å²) in [5.74, 6) is -0.851. The van der Waals surface area contributed by atoms with Crippen molar-refractivity contribution in [2.75, 3.05) is 19.8 Å². The third kappa shape index (κ3) is 9.32. The Morgan fingerprint density at radius 2 is 1.36 bits per heavy atom. The van der Waals surface area contributed by atoms with E-state index in [2.05, 4.69) is 5.32 Å². The van der Waals surface area contributed by atoms with Gasteiger partial charge in [-0.25, -0.2) is 9.36 Å². The van der Waals surface area contributed by atoms with Crippen molar-refractivity contribution >= 4 is 13.9 Å². The van der Waals surface area contributed by atoms with Crippen LogP contribution < -0.4 is 5.32 Å².